The van der Waals surface area contributed by atoms with E-state index >= 15 is 0 Å². The summed E-state index contributed by atoms with van der Waals surface area (Å²) < 4.78 is 6.58. The van der Waals surface area contributed by atoms with Crippen LogP contribution in [0.2, 0.25) is 0 Å². The molecule has 0 amide bonds. The maximum absolute atomic E-state index is 11.1. The predicted octanol–water partition coefficient (Wildman–Crippen LogP) is 0.967. The first kappa shape index (κ1) is 15.5. The number of benzene rings is 2. The minimum atomic E-state index is -0.438. The maximum atomic E-state index is 11.1. The number of ether oxygens (including phenoxy) is 1. The average Bonchev–Trinajstić information content (AvgIpc) is 2.47. The van der Waals surface area contributed by atoms with E-state index in [0.29, 0.717) is 17.9 Å². The third-order valence-corrected chi connectivity index (χ3v) is 3.97. The molecule has 1 N–H and O–H groups in total. The van der Waals surface area contributed by atoms with Gasteiger partial charge >= 0.3 is 131 Å². The Bertz CT molecular complexity index is 631. The molecule has 0 saturated carbocycles. The summed E-state index contributed by atoms with van der Waals surface area (Å²) in [4.78, 5) is 10.7. The summed E-state index contributed by atoms with van der Waals surface area (Å²) in [5, 5.41) is 20.1. The molecule has 2 aromatic carbocycles. The van der Waals surface area contributed by atoms with Crippen LogP contribution in [0.5, 0.6) is 5.75 Å². The number of nitro groups is 1. The molecule has 0 spiro atoms. The van der Waals surface area contributed by atoms with Gasteiger partial charge < -0.3 is 0 Å². The minimum absolute atomic E-state index is 0.00601. The van der Waals surface area contributed by atoms with Gasteiger partial charge in [0, 0.05) is 0 Å². The molecule has 5 nitrogen and oxygen atoms in total. The molecule has 6 heteroatoms. The Kier molecular flexibility index (Phi) is 5.37. The molecule has 1 unspecified atom stereocenters. The van der Waals surface area contributed by atoms with E-state index in [2.05, 4.69) is 0 Å². The molecule has 0 aliphatic rings. The van der Waals surface area contributed by atoms with Crippen LogP contribution in [0, 0.1) is 10.1 Å². The molecule has 0 aliphatic heterocycles. The molecule has 0 aromatic heterocycles. The third-order valence-electron chi connectivity index (χ3n) is 3.03. The van der Waals surface area contributed by atoms with Crippen molar-refractivity contribution in [2.45, 2.75) is 13.0 Å². The van der Waals surface area contributed by atoms with Gasteiger partial charge in [0.25, 0.3) is 0 Å². The molecule has 110 valence electrons. The quantitative estimate of drug-likeness (QED) is 0.479. The topological polar surface area (TPSA) is 72.6 Å². The molecule has 0 aliphatic carbocycles. The Morgan fingerprint density at radius 3 is 2.57 bits per heavy atom. The Morgan fingerprint density at radius 2 is 1.95 bits per heavy atom. The fraction of sp³-hybridized carbons (Fsp3) is 0.200. The van der Waals surface area contributed by atoms with E-state index in [0.717, 1.165) is 9.91 Å². The van der Waals surface area contributed by atoms with Crippen molar-refractivity contribution in [1.29, 1.82) is 0 Å². The number of aliphatic hydroxyl groups is 1. The van der Waals surface area contributed by atoms with Crippen molar-refractivity contribution in [2.24, 2.45) is 0 Å². The van der Waals surface area contributed by atoms with Crippen LogP contribution in [0.25, 0.3) is 0 Å². The van der Waals surface area contributed by atoms with Crippen LogP contribution < -0.4 is 9.09 Å². The van der Waals surface area contributed by atoms with Crippen molar-refractivity contribution in [2.75, 3.05) is 6.61 Å². The molecule has 0 heterocycles. The summed E-state index contributed by atoms with van der Waals surface area (Å²) in [6.07, 6.45) is 0.270. The Morgan fingerprint density at radius 1 is 1.24 bits per heavy atom. The molecule has 2 rings (SSSR count). The summed E-state index contributed by atoms with van der Waals surface area (Å²) in [5.74, 6) is 0.521. The van der Waals surface area contributed by atoms with Crippen molar-refractivity contribution in [3.05, 3.63) is 63.7 Å². The van der Waals surface area contributed by atoms with E-state index < -0.39 is 4.92 Å². The van der Waals surface area contributed by atoms with Gasteiger partial charge in [0.1, 0.15) is 0 Å². The van der Waals surface area contributed by atoms with Crippen molar-refractivity contribution < 1.29 is 14.8 Å². The third kappa shape index (κ3) is 4.06. The first-order valence-corrected chi connectivity index (χ1v) is 7.67. The second-order valence-electron chi connectivity index (χ2n) is 4.52. The first-order valence-electron chi connectivity index (χ1n) is 6.46. The normalized spacial score (nSPS) is 10.4. The summed E-state index contributed by atoms with van der Waals surface area (Å²) in [6, 6.07) is 12.8. The second kappa shape index (κ2) is 7.25. The first-order chi connectivity index (χ1) is 10.1. The van der Waals surface area contributed by atoms with Crippen LogP contribution in [0.1, 0.15) is 11.1 Å². The number of hydrogen-bond donors (Lipinski definition) is 1. The molecular weight excluding hydrogens is 333 g/mol. The van der Waals surface area contributed by atoms with Gasteiger partial charge in [-0.25, -0.2) is 0 Å². The monoisotopic (exact) mass is 349 g/mol. The van der Waals surface area contributed by atoms with Crippen LogP contribution in [0.3, 0.4) is 0 Å². The Labute approximate surface area is 131 Å². The van der Waals surface area contributed by atoms with E-state index in [9.17, 15) is 10.1 Å². The van der Waals surface area contributed by atoms with E-state index in [-0.39, 0.29) is 18.7 Å². The Hall–Kier alpha value is -1.84. The van der Waals surface area contributed by atoms with Gasteiger partial charge in [-0.3, -0.25) is 0 Å². The fourth-order valence-electron chi connectivity index (χ4n) is 1.98. The van der Waals surface area contributed by atoms with Crippen molar-refractivity contribution in [3.8, 4) is 5.75 Å². The average molecular weight is 349 g/mol. The van der Waals surface area contributed by atoms with Crippen LogP contribution in [-0.2, 0) is 13.0 Å². The molecule has 21 heavy (non-hydrogen) atoms. The van der Waals surface area contributed by atoms with Gasteiger partial charge in [-0.15, -0.1) is 0 Å². The standard InChI is InChI=1S/C15H16AsNO4/c16-13-8-12(6-7-18)14(17(19)20)9-15(13)21-10-11-4-2-1-3-5-11/h1-5,8-9,18H,6-7,10,16H2. The zero-order valence-corrected chi connectivity index (χ0v) is 13.8. The number of nitro benzene ring substituents is 1. The van der Waals surface area contributed by atoms with E-state index in [1.54, 1.807) is 6.07 Å². The van der Waals surface area contributed by atoms with Gasteiger partial charge in [0.2, 0.25) is 0 Å². The molecule has 0 fully saturated rings. The summed E-state index contributed by atoms with van der Waals surface area (Å²) in [5.41, 5.74) is 1.54. The van der Waals surface area contributed by atoms with Crippen LogP contribution in [-0.4, -0.2) is 33.5 Å². The number of nitrogens with zero attached hydrogens (tertiary/aromatic N) is 1. The van der Waals surface area contributed by atoms with Gasteiger partial charge in [0.15, 0.2) is 0 Å². The van der Waals surface area contributed by atoms with Gasteiger partial charge in [0.05, 0.1) is 0 Å². The molecular formula is C15H16AsNO4. The van der Waals surface area contributed by atoms with Crippen molar-refractivity contribution >= 4 is 26.9 Å². The van der Waals surface area contributed by atoms with Crippen molar-refractivity contribution in [3.63, 3.8) is 0 Å². The van der Waals surface area contributed by atoms with Gasteiger partial charge in [-0.2, -0.15) is 0 Å². The molecule has 1 atom stereocenters. The number of hydrogen-bond acceptors (Lipinski definition) is 4. The van der Waals surface area contributed by atoms with E-state index in [1.165, 1.54) is 22.9 Å². The van der Waals surface area contributed by atoms with Crippen molar-refractivity contribution in [1.82, 2.24) is 0 Å². The van der Waals surface area contributed by atoms with Crippen LogP contribution >= 0.6 is 0 Å². The van der Waals surface area contributed by atoms with Gasteiger partial charge in [-0.05, 0) is 0 Å². The summed E-state index contributed by atoms with van der Waals surface area (Å²) >= 11 is 1.34. The van der Waals surface area contributed by atoms with Gasteiger partial charge in [-0.1, -0.05) is 0 Å². The zero-order valence-electron chi connectivity index (χ0n) is 11.4. The SMILES string of the molecule is O=[N+]([O-])c1cc(OCc2ccccc2)c([AsH2])cc1CCO. The van der Waals surface area contributed by atoms with E-state index in [1.807, 2.05) is 30.3 Å². The van der Waals surface area contributed by atoms with Crippen LogP contribution in [0.4, 0.5) is 5.69 Å². The zero-order chi connectivity index (χ0) is 15.2. The molecule has 2 aromatic rings. The molecule has 0 bridgehead atoms. The fourth-order valence-corrected chi connectivity index (χ4v) is 2.76. The molecule has 0 saturated heterocycles. The van der Waals surface area contributed by atoms with E-state index in [4.69, 9.17) is 9.84 Å². The number of rotatable bonds is 6. The molecule has 0 radical (unpaired) electrons. The second-order valence-corrected chi connectivity index (χ2v) is 5.83. The number of aliphatic hydroxyl groups excluding tert-OH is 1. The Balaban J connectivity index is 2.23. The summed E-state index contributed by atoms with van der Waals surface area (Å²) in [6.45, 7) is 0.256. The summed E-state index contributed by atoms with van der Waals surface area (Å²) in [7, 11) is 0. The predicted molar refractivity (Wildman–Crippen MR) is 82.8 cm³/mol. The van der Waals surface area contributed by atoms with Crippen LogP contribution in [0.15, 0.2) is 42.5 Å².